The van der Waals surface area contributed by atoms with Crippen LogP contribution >= 0.6 is 12.4 Å². The molecule has 1 aromatic rings. The number of hydrogen-bond acceptors (Lipinski definition) is 5. The van der Waals surface area contributed by atoms with Gasteiger partial charge in [0.1, 0.15) is 11.8 Å². The molecule has 0 spiro atoms. The number of rotatable bonds is 8. The molecular weight excluding hydrogens is 408 g/mol. The zero-order valence-corrected chi connectivity index (χ0v) is 18.0. The van der Waals surface area contributed by atoms with Crippen LogP contribution < -0.4 is 16.0 Å². The van der Waals surface area contributed by atoms with Crippen molar-refractivity contribution in [2.45, 2.75) is 44.3 Å². The molecule has 1 aliphatic rings. The number of aromatic hydroxyl groups is 1. The van der Waals surface area contributed by atoms with Gasteiger partial charge < -0.3 is 26.0 Å². The highest BCUT2D eigenvalue weighted by molar-refractivity contribution is 5.96. The standard InChI is InChI=1S/C21H28N4O4.ClH/c1-4-8-17(24-19(27)14(2)22-3)21(29)25-12-7-9-15(25)13-23-20(28)16-10-5-6-11-18(16)26;/h1,5-6,10-11,14-15,17,22,26H,7-9,12-13H2,2-3H3,(H,23,28)(H,24,27);1H/t14-,15-,17-;/m0./s1. The number of nitrogens with zero attached hydrogens (tertiary/aromatic N) is 1. The Bertz CT molecular complexity index is 795. The second-order valence-corrected chi connectivity index (χ2v) is 7.03. The molecule has 8 nitrogen and oxygen atoms in total. The maximum atomic E-state index is 13.0. The van der Waals surface area contributed by atoms with Crippen molar-refractivity contribution in [3.05, 3.63) is 29.8 Å². The zero-order chi connectivity index (χ0) is 21.4. The quantitative estimate of drug-likeness (QED) is 0.447. The fourth-order valence-electron chi connectivity index (χ4n) is 3.26. The number of carbonyl (C=O) groups is 3. The first-order valence-corrected chi connectivity index (χ1v) is 9.66. The van der Waals surface area contributed by atoms with Gasteiger partial charge in [0.05, 0.1) is 11.6 Å². The van der Waals surface area contributed by atoms with E-state index in [1.165, 1.54) is 12.1 Å². The van der Waals surface area contributed by atoms with Crippen LogP contribution in [-0.2, 0) is 9.59 Å². The number of terminal acetylenes is 1. The number of carbonyl (C=O) groups excluding carboxylic acids is 3. The predicted octanol–water partition coefficient (Wildman–Crippen LogP) is 0.651. The number of halogens is 1. The van der Waals surface area contributed by atoms with E-state index < -0.39 is 18.0 Å². The third-order valence-corrected chi connectivity index (χ3v) is 5.07. The lowest BCUT2D eigenvalue weighted by atomic mass is 10.1. The minimum atomic E-state index is -0.808. The monoisotopic (exact) mass is 436 g/mol. The summed E-state index contributed by atoms with van der Waals surface area (Å²) in [7, 11) is 1.66. The van der Waals surface area contributed by atoms with E-state index in [-0.39, 0.29) is 54.5 Å². The van der Waals surface area contributed by atoms with Gasteiger partial charge in [-0.1, -0.05) is 12.1 Å². The number of hydrogen-bond donors (Lipinski definition) is 4. The summed E-state index contributed by atoms with van der Waals surface area (Å²) >= 11 is 0. The molecule has 4 N–H and O–H groups in total. The number of benzene rings is 1. The molecule has 1 aromatic carbocycles. The van der Waals surface area contributed by atoms with E-state index in [1.54, 1.807) is 31.0 Å². The Morgan fingerprint density at radius 2 is 2.03 bits per heavy atom. The summed E-state index contributed by atoms with van der Waals surface area (Å²) in [4.78, 5) is 39.2. The highest BCUT2D eigenvalue weighted by Gasteiger charge is 2.34. The number of likely N-dealkylation sites (N-methyl/N-ethyl adjacent to an activating group) is 1. The summed E-state index contributed by atoms with van der Waals surface area (Å²) in [5.74, 6) is 1.39. The molecule has 0 aromatic heterocycles. The molecule has 0 bridgehead atoms. The number of phenols is 1. The van der Waals surface area contributed by atoms with E-state index in [0.29, 0.717) is 6.54 Å². The number of amides is 3. The Hall–Kier alpha value is -2.76. The maximum Gasteiger partial charge on any atom is 0.255 e. The second kappa shape index (κ2) is 12.1. The van der Waals surface area contributed by atoms with Crippen LogP contribution in [0.4, 0.5) is 0 Å². The number of para-hydroxylation sites is 1. The minimum absolute atomic E-state index is 0. The van der Waals surface area contributed by atoms with Crippen molar-refractivity contribution in [2.24, 2.45) is 0 Å². The van der Waals surface area contributed by atoms with Crippen molar-refractivity contribution in [1.29, 1.82) is 0 Å². The molecule has 2 rings (SSSR count). The van der Waals surface area contributed by atoms with Gasteiger partial charge >= 0.3 is 0 Å². The van der Waals surface area contributed by atoms with Crippen LogP contribution in [0.3, 0.4) is 0 Å². The maximum absolute atomic E-state index is 13.0. The first-order valence-electron chi connectivity index (χ1n) is 9.66. The van der Waals surface area contributed by atoms with Crippen molar-refractivity contribution in [3.63, 3.8) is 0 Å². The van der Waals surface area contributed by atoms with Crippen LogP contribution in [-0.4, -0.2) is 66.0 Å². The van der Waals surface area contributed by atoms with E-state index in [0.717, 1.165) is 12.8 Å². The van der Waals surface area contributed by atoms with E-state index in [4.69, 9.17) is 6.42 Å². The van der Waals surface area contributed by atoms with Gasteiger partial charge in [-0.3, -0.25) is 14.4 Å². The molecule has 1 fully saturated rings. The Morgan fingerprint density at radius 1 is 1.33 bits per heavy atom. The zero-order valence-electron chi connectivity index (χ0n) is 17.2. The van der Waals surface area contributed by atoms with Gasteiger partial charge in [-0.15, -0.1) is 24.8 Å². The third kappa shape index (κ3) is 6.37. The van der Waals surface area contributed by atoms with Crippen LogP contribution in [0.25, 0.3) is 0 Å². The minimum Gasteiger partial charge on any atom is -0.507 e. The molecule has 3 atom stereocenters. The highest BCUT2D eigenvalue weighted by Crippen LogP contribution is 2.20. The Kier molecular flexibility index (Phi) is 10.2. The molecule has 3 amide bonds. The van der Waals surface area contributed by atoms with Crippen LogP contribution in [0.1, 0.15) is 36.5 Å². The smallest absolute Gasteiger partial charge is 0.255 e. The van der Waals surface area contributed by atoms with Gasteiger partial charge in [0.2, 0.25) is 11.8 Å². The first-order chi connectivity index (χ1) is 13.9. The normalized spacial score (nSPS) is 17.2. The Labute approximate surface area is 183 Å². The van der Waals surface area contributed by atoms with Crippen molar-refractivity contribution in [1.82, 2.24) is 20.9 Å². The van der Waals surface area contributed by atoms with E-state index in [9.17, 15) is 19.5 Å². The summed E-state index contributed by atoms with van der Waals surface area (Å²) in [6.07, 6.45) is 7.02. The highest BCUT2D eigenvalue weighted by atomic mass is 35.5. The Balaban J connectivity index is 0.00000450. The summed E-state index contributed by atoms with van der Waals surface area (Å²) in [6, 6.07) is 4.82. The fourth-order valence-corrected chi connectivity index (χ4v) is 3.26. The van der Waals surface area contributed by atoms with E-state index in [2.05, 4.69) is 21.9 Å². The van der Waals surface area contributed by atoms with Crippen LogP contribution in [0, 0.1) is 12.3 Å². The second-order valence-electron chi connectivity index (χ2n) is 7.03. The summed E-state index contributed by atoms with van der Waals surface area (Å²) in [6.45, 7) is 2.48. The SMILES string of the molecule is C#CC[C@H](NC(=O)[C@H](C)NC)C(=O)N1CCC[C@H]1CNC(=O)c1ccccc1O.Cl. The lowest BCUT2D eigenvalue weighted by Crippen LogP contribution is -2.54. The molecule has 0 saturated carbocycles. The molecule has 1 saturated heterocycles. The van der Waals surface area contributed by atoms with Gasteiger partial charge in [0, 0.05) is 25.6 Å². The van der Waals surface area contributed by atoms with Crippen molar-refractivity contribution in [3.8, 4) is 18.1 Å². The van der Waals surface area contributed by atoms with Gasteiger partial charge in [0.15, 0.2) is 0 Å². The molecule has 30 heavy (non-hydrogen) atoms. The average molecular weight is 437 g/mol. The number of likely N-dealkylation sites (tertiary alicyclic amines) is 1. The van der Waals surface area contributed by atoms with Gasteiger partial charge in [-0.05, 0) is 38.9 Å². The molecule has 0 unspecified atom stereocenters. The third-order valence-electron chi connectivity index (χ3n) is 5.07. The largest absolute Gasteiger partial charge is 0.507 e. The van der Waals surface area contributed by atoms with Gasteiger partial charge in [-0.2, -0.15) is 0 Å². The molecule has 0 radical (unpaired) electrons. The summed E-state index contributed by atoms with van der Waals surface area (Å²) < 4.78 is 0. The Morgan fingerprint density at radius 3 is 2.67 bits per heavy atom. The molecular formula is C21H29ClN4O4. The van der Waals surface area contributed by atoms with Crippen molar-refractivity contribution < 1.29 is 19.5 Å². The van der Waals surface area contributed by atoms with Gasteiger partial charge in [-0.25, -0.2) is 0 Å². The van der Waals surface area contributed by atoms with E-state index >= 15 is 0 Å². The number of nitrogens with one attached hydrogen (secondary N) is 3. The molecule has 0 aliphatic carbocycles. The van der Waals surface area contributed by atoms with Gasteiger partial charge in [0.25, 0.3) is 5.91 Å². The average Bonchev–Trinajstić information content (AvgIpc) is 3.19. The fraction of sp³-hybridized carbons (Fsp3) is 0.476. The predicted molar refractivity (Wildman–Crippen MR) is 116 cm³/mol. The van der Waals surface area contributed by atoms with Crippen LogP contribution in [0.2, 0.25) is 0 Å². The molecule has 9 heteroatoms. The van der Waals surface area contributed by atoms with Crippen LogP contribution in [0.5, 0.6) is 5.75 Å². The van der Waals surface area contributed by atoms with E-state index in [1.807, 2.05) is 0 Å². The summed E-state index contributed by atoms with van der Waals surface area (Å²) in [5.41, 5.74) is 0.182. The lowest BCUT2D eigenvalue weighted by molar-refractivity contribution is -0.137. The lowest BCUT2D eigenvalue weighted by Gasteiger charge is -2.29. The van der Waals surface area contributed by atoms with Crippen LogP contribution in [0.15, 0.2) is 24.3 Å². The molecule has 1 heterocycles. The summed E-state index contributed by atoms with van der Waals surface area (Å²) in [5, 5.41) is 18.1. The number of phenolic OH excluding ortho intramolecular Hbond substituents is 1. The van der Waals surface area contributed by atoms with Crippen molar-refractivity contribution in [2.75, 3.05) is 20.1 Å². The topological polar surface area (TPSA) is 111 Å². The molecule has 1 aliphatic heterocycles. The first kappa shape index (κ1) is 25.3. The molecule has 164 valence electrons. The van der Waals surface area contributed by atoms with Crippen molar-refractivity contribution >= 4 is 30.1 Å².